The molecule has 2 aromatic carbocycles. The molecule has 7 rings (SSSR count). The molecule has 2 aromatic rings. The summed E-state index contributed by atoms with van der Waals surface area (Å²) >= 11 is 0. The van der Waals surface area contributed by atoms with Crippen LogP contribution in [0, 0.1) is 35.5 Å². The maximum Gasteiger partial charge on any atom is 0.336 e. The van der Waals surface area contributed by atoms with Gasteiger partial charge in [0.1, 0.15) is 5.75 Å². The number of carboxylic acid groups (broad SMARTS) is 1. The van der Waals surface area contributed by atoms with E-state index in [1.54, 1.807) is 18.2 Å². The van der Waals surface area contributed by atoms with Crippen LogP contribution in [-0.4, -0.2) is 17.7 Å². The van der Waals surface area contributed by atoms with Gasteiger partial charge in [-0.3, -0.25) is 0 Å². The van der Waals surface area contributed by atoms with Gasteiger partial charge in [-0.25, -0.2) is 4.79 Å². The van der Waals surface area contributed by atoms with E-state index in [0.29, 0.717) is 5.56 Å². The van der Waals surface area contributed by atoms with Crippen molar-refractivity contribution in [1.82, 2.24) is 0 Å². The Morgan fingerprint density at radius 3 is 2.31 bits per heavy atom. The van der Waals surface area contributed by atoms with Gasteiger partial charge < -0.3 is 9.84 Å². The van der Waals surface area contributed by atoms with Gasteiger partial charge in [0.05, 0.1) is 12.2 Å². The number of carbonyl (C=O) groups is 1. The van der Waals surface area contributed by atoms with Crippen LogP contribution >= 0.6 is 0 Å². The SMILES string of the molecule is O=C(O)c1ccccc1C#Cc1ccc(OCC2CC2)c(C23CC4CC(CC(C4)C2)C3)c1. The maximum absolute atomic E-state index is 11.5. The summed E-state index contributed by atoms with van der Waals surface area (Å²) in [7, 11) is 0. The minimum absolute atomic E-state index is 0.240. The standard InChI is InChI=1S/C29H30O3/c30-28(31)25-4-2-1-3-24(25)9-7-19-8-10-27(32-18-20-5-6-20)26(14-19)29-15-21-11-22(16-29)13-23(12-21)17-29/h1-4,8,10,14,20-23H,5-6,11-13,15-18H2,(H,30,31). The number of benzene rings is 2. The molecule has 0 spiro atoms. The fourth-order valence-electron chi connectivity index (χ4n) is 7.00. The Morgan fingerprint density at radius 2 is 1.66 bits per heavy atom. The fraction of sp³-hybridized carbons (Fsp3) is 0.483. The highest BCUT2D eigenvalue weighted by molar-refractivity contribution is 5.90. The Bertz CT molecular complexity index is 1080. The van der Waals surface area contributed by atoms with E-state index >= 15 is 0 Å². The van der Waals surface area contributed by atoms with Crippen LogP contribution in [0.25, 0.3) is 0 Å². The van der Waals surface area contributed by atoms with Gasteiger partial charge in [0, 0.05) is 16.7 Å². The molecule has 0 radical (unpaired) electrons. The summed E-state index contributed by atoms with van der Waals surface area (Å²) in [5.74, 6) is 9.85. The van der Waals surface area contributed by atoms with Crippen molar-refractivity contribution in [3.63, 3.8) is 0 Å². The van der Waals surface area contributed by atoms with Crippen molar-refractivity contribution in [1.29, 1.82) is 0 Å². The van der Waals surface area contributed by atoms with Crippen LogP contribution in [-0.2, 0) is 5.41 Å². The van der Waals surface area contributed by atoms with Crippen LogP contribution in [0.3, 0.4) is 0 Å². The molecule has 0 amide bonds. The first-order chi connectivity index (χ1) is 15.6. The van der Waals surface area contributed by atoms with Crippen LogP contribution in [0.2, 0.25) is 0 Å². The van der Waals surface area contributed by atoms with Crippen molar-refractivity contribution < 1.29 is 14.6 Å². The van der Waals surface area contributed by atoms with Crippen molar-refractivity contribution in [2.45, 2.75) is 56.8 Å². The van der Waals surface area contributed by atoms with Gasteiger partial charge in [-0.2, -0.15) is 0 Å². The molecule has 5 fully saturated rings. The summed E-state index contributed by atoms with van der Waals surface area (Å²) in [6, 6.07) is 13.4. The van der Waals surface area contributed by atoms with E-state index in [1.807, 2.05) is 12.1 Å². The molecule has 0 unspecified atom stereocenters. The first kappa shape index (κ1) is 19.9. The Balaban J connectivity index is 1.37. The highest BCUT2D eigenvalue weighted by atomic mass is 16.5. The van der Waals surface area contributed by atoms with Crippen LogP contribution in [0.4, 0.5) is 0 Å². The monoisotopic (exact) mass is 426 g/mol. The Labute approximate surface area is 190 Å². The first-order valence-electron chi connectivity index (χ1n) is 12.2. The third-order valence-corrected chi connectivity index (χ3v) is 8.26. The molecular weight excluding hydrogens is 396 g/mol. The number of rotatable bonds is 5. The first-order valence-corrected chi connectivity index (χ1v) is 12.2. The van der Waals surface area contributed by atoms with Gasteiger partial charge in [-0.05, 0) is 111 Å². The topological polar surface area (TPSA) is 46.5 Å². The van der Waals surface area contributed by atoms with Crippen molar-refractivity contribution in [2.75, 3.05) is 6.61 Å². The number of hydrogen-bond donors (Lipinski definition) is 1. The lowest BCUT2D eigenvalue weighted by Crippen LogP contribution is -2.48. The van der Waals surface area contributed by atoms with Crippen LogP contribution in [0.1, 0.15) is 78.4 Å². The third-order valence-electron chi connectivity index (χ3n) is 8.26. The quantitative estimate of drug-likeness (QED) is 0.593. The zero-order valence-electron chi connectivity index (χ0n) is 18.5. The highest BCUT2D eigenvalue weighted by Gasteiger charge is 2.52. The van der Waals surface area contributed by atoms with Gasteiger partial charge in [0.15, 0.2) is 0 Å². The van der Waals surface area contributed by atoms with Gasteiger partial charge in [0.2, 0.25) is 0 Å². The molecule has 0 aromatic heterocycles. The van der Waals surface area contributed by atoms with E-state index in [1.165, 1.54) is 56.9 Å². The van der Waals surface area contributed by atoms with E-state index in [9.17, 15) is 9.90 Å². The normalized spacial score (nSPS) is 29.9. The second-order valence-corrected chi connectivity index (χ2v) is 10.8. The Kier molecular flexibility index (Phi) is 4.79. The number of aromatic carboxylic acids is 1. The molecule has 3 nitrogen and oxygen atoms in total. The van der Waals surface area contributed by atoms with Crippen molar-refractivity contribution in [3.8, 4) is 17.6 Å². The predicted octanol–water partition coefficient (Wildman–Crippen LogP) is 6.04. The van der Waals surface area contributed by atoms with Gasteiger partial charge in [-0.15, -0.1) is 0 Å². The summed E-state index contributed by atoms with van der Waals surface area (Å²) in [4.78, 5) is 11.5. The fourth-order valence-corrected chi connectivity index (χ4v) is 7.00. The Morgan fingerprint density at radius 1 is 0.969 bits per heavy atom. The highest BCUT2D eigenvalue weighted by Crippen LogP contribution is 2.62. The van der Waals surface area contributed by atoms with E-state index in [-0.39, 0.29) is 11.0 Å². The minimum Gasteiger partial charge on any atom is -0.493 e. The van der Waals surface area contributed by atoms with Gasteiger partial charge in [0.25, 0.3) is 0 Å². The molecule has 3 heteroatoms. The van der Waals surface area contributed by atoms with Crippen molar-refractivity contribution >= 4 is 5.97 Å². The molecule has 0 saturated heterocycles. The lowest BCUT2D eigenvalue weighted by molar-refractivity contribution is -0.00644. The van der Waals surface area contributed by atoms with E-state index in [0.717, 1.165) is 41.6 Å². The lowest BCUT2D eigenvalue weighted by atomic mass is 9.48. The molecule has 5 aliphatic carbocycles. The molecule has 5 saturated carbocycles. The maximum atomic E-state index is 11.5. The second-order valence-electron chi connectivity index (χ2n) is 10.8. The van der Waals surface area contributed by atoms with E-state index in [2.05, 4.69) is 24.0 Å². The summed E-state index contributed by atoms with van der Waals surface area (Å²) in [5.41, 5.74) is 3.38. The Hall–Kier alpha value is -2.73. The summed E-state index contributed by atoms with van der Waals surface area (Å²) in [6.45, 7) is 0.830. The minimum atomic E-state index is -0.937. The average Bonchev–Trinajstić information content (AvgIpc) is 3.60. The number of carboxylic acids is 1. The molecule has 164 valence electrons. The largest absolute Gasteiger partial charge is 0.493 e. The second kappa shape index (κ2) is 7.69. The smallest absolute Gasteiger partial charge is 0.336 e. The molecule has 0 aliphatic heterocycles. The summed E-state index contributed by atoms with van der Waals surface area (Å²) in [5, 5.41) is 9.46. The van der Waals surface area contributed by atoms with Crippen molar-refractivity contribution in [3.05, 3.63) is 64.7 Å². The van der Waals surface area contributed by atoms with Crippen LogP contribution < -0.4 is 4.74 Å². The van der Waals surface area contributed by atoms with E-state index in [4.69, 9.17) is 4.74 Å². The molecule has 0 heterocycles. The predicted molar refractivity (Wildman–Crippen MR) is 124 cm³/mol. The molecule has 0 atom stereocenters. The number of ether oxygens (including phenoxy) is 1. The molecule has 1 N–H and O–H groups in total. The molecule has 4 bridgehead atoms. The average molecular weight is 427 g/mol. The zero-order valence-corrected chi connectivity index (χ0v) is 18.5. The number of hydrogen-bond acceptors (Lipinski definition) is 2. The van der Waals surface area contributed by atoms with Crippen LogP contribution in [0.15, 0.2) is 42.5 Å². The van der Waals surface area contributed by atoms with E-state index < -0.39 is 5.97 Å². The van der Waals surface area contributed by atoms with Gasteiger partial charge in [-0.1, -0.05) is 24.0 Å². The molecule has 5 aliphatic rings. The third kappa shape index (κ3) is 3.71. The summed E-state index contributed by atoms with van der Waals surface area (Å²) < 4.78 is 6.39. The van der Waals surface area contributed by atoms with Gasteiger partial charge >= 0.3 is 5.97 Å². The molecular formula is C29H30O3. The van der Waals surface area contributed by atoms with Crippen LogP contribution in [0.5, 0.6) is 5.75 Å². The molecule has 32 heavy (non-hydrogen) atoms. The van der Waals surface area contributed by atoms with Crippen molar-refractivity contribution in [2.24, 2.45) is 23.7 Å². The lowest BCUT2D eigenvalue weighted by Gasteiger charge is -2.57. The zero-order chi connectivity index (χ0) is 21.7. The summed E-state index contributed by atoms with van der Waals surface area (Å²) in [6.07, 6.45) is 10.7.